The molecule has 0 unspecified atom stereocenters. The van der Waals surface area contributed by atoms with E-state index in [9.17, 15) is 4.79 Å². The molecule has 0 aliphatic carbocycles. The second-order valence-corrected chi connectivity index (χ2v) is 5.40. The number of benzene rings is 2. The van der Waals surface area contributed by atoms with E-state index in [0.717, 1.165) is 27.8 Å². The van der Waals surface area contributed by atoms with Crippen LogP contribution in [-0.2, 0) is 17.8 Å². The Bertz CT molecular complexity index is 793. The van der Waals surface area contributed by atoms with Crippen LogP contribution in [0.2, 0.25) is 0 Å². The molecule has 0 aliphatic heterocycles. The fraction of sp³-hybridized carbons (Fsp3) is 0.211. The molecule has 1 amide bonds. The van der Waals surface area contributed by atoms with Gasteiger partial charge in [0.2, 0.25) is 5.91 Å². The van der Waals surface area contributed by atoms with Crippen LogP contribution in [-0.4, -0.2) is 13.0 Å². The molecule has 0 bridgehead atoms. The number of hydrogen-bond donors (Lipinski definition) is 1. The van der Waals surface area contributed by atoms with Crippen molar-refractivity contribution >= 4 is 16.7 Å². The average Bonchev–Trinajstić information content (AvgIpc) is 3.11. The minimum absolute atomic E-state index is 0.0243. The number of furan rings is 1. The highest BCUT2D eigenvalue weighted by Gasteiger charge is 2.05. The average molecular weight is 309 g/mol. The Morgan fingerprint density at radius 1 is 1.13 bits per heavy atom. The van der Waals surface area contributed by atoms with E-state index >= 15 is 0 Å². The number of amides is 1. The van der Waals surface area contributed by atoms with Gasteiger partial charge >= 0.3 is 0 Å². The van der Waals surface area contributed by atoms with Crippen molar-refractivity contribution < 1.29 is 13.9 Å². The standard InChI is InChI=1S/C19H19NO3/c1-22-18-7-6-15-11-14(4-5-16(15)12-18)13-20-19(21)9-8-17-3-2-10-23-17/h2-7,10-12H,8-9,13H2,1H3,(H,20,21). The minimum atomic E-state index is 0.0243. The van der Waals surface area contributed by atoms with Gasteiger partial charge in [-0.25, -0.2) is 0 Å². The third-order valence-corrected chi connectivity index (χ3v) is 3.78. The number of hydrogen-bond acceptors (Lipinski definition) is 3. The van der Waals surface area contributed by atoms with Gasteiger partial charge in [-0.15, -0.1) is 0 Å². The van der Waals surface area contributed by atoms with Crippen LogP contribution >= 0.6 is 0 Å². The first-order valence-corrected chi connectivity index (χ1v) is 7.60. The van der Waals surface area contributed by atoms with Crippen LogP contribution in [0.1, 0.15) is 17.7 Å². The van der Waals surface area contributed by atoms with E-state index in [0.29, 0.717) is 19.4 Å². The first kappa shape index (κ1) is 15.2. The fourth-order valence-electron chi connectivity index (χ4n) is 2.49. The van der Waals surface area contributed by atoms with Gasteiger partial charge in [0.1, 0.15) is 11.5 Å². The molecule has 0 saturated heterocycles. The van der Waals surface area contributed by atoms with Gasteiger partial charge in [-0.2, -0.15) is 0 Å². The molecule has 3 aromatic rings. The number of ether oxygens (including phenoxy) is 1. The smallest absolute Gasteiger partial charge is 0.220 e. The Kier molecular flexibility index (Phi) is 4.62. The van der Waals surface area contributed by atoms with E-state index in [1.807, 2.05) is 42.5 Å². The number of rotatable bonds is 6. The molecule has 0 saturated carbocycles. The van der Waals surface area contributed by atoms with Crippen molar-refractivity contribution in [2.75, 3.05) is 7.11 Å². The normalized spacial score (nSPS) is 10.7. The van der Waals surface area contributed by atoms with E-state index in [1.54, 1.807) is 13.4 Å². The number of fused-ring (bicyclic) bond motifs is 1. The lowest BCUT2D eigenvalue weighted by atomic mass is 10.1. The zero-order chi connectivity index (χ0) is 16.1. The Hall–Kier alpha value is -2.75. The molecule has 4 nitrogen and oxygen atoms in total. The zero-order valence-corrected chi connectivity index (χ0v) is 13.0. The summed E-state index contributed by atoms with van der Waals surface area (Å²) >= 11 is 0. The third kappa shape index (κ3) is 3.92. The van der Waals surface area contributed by atoms with Gasteiger partial charge in [0.25, 0.3) is 0 Å². The molecular weight excluding hydrogens is 290 g/mol. The molecule has 1 N–H and O–H groups in total. The van der Waals surface area contributed by atoms with Crippen molar-refractivity contribution in [1.29, 1.82) is 0 Å². The van der Waals surface area contributed by atoms with Crippen molar-refractivity contribution in [3.8, 4) is 5.75 Å². The molecule has 0 atom stereocenters. The maximum atomic E-state index is 11.9. The lowest BCUT2D eigenvalue weighted by Crippen LogP contribution is -2.22. The van der Waals surface area contributed by atoms with Crippen LogP contribution in [0.4, 0.5) is 0 Å². The molecule has 0 fully saturated rings. The molecule has 0 spiro atoms. The van der Waals surface area contributed by atoms with Crippen LogP contribution in [0.3, 0.4) is 0 Å². The van der Waals surface area contributed by atoms with Gasteiger partial charge in [0, 0.05) is 19.4 Å². The topological polar surface area (TPSA) is 51.5 Å². The van der Waals surface area contributed by atoms with E-state index < -0.39 is 0 Å². The summed E-state index contributed by atoms with van der Waals surface area (Å²) in [6, 6.07) is 15.8. The van der Waals surface area contributed by atoms with Gasteiger partial charge in [-0.3, -0.25) is 4.79 Å². The SMILES string of the molecule is COc1ccc2cc(CNC(=O)CCc3ccco3)ccc2c1. The van der Waals surface area contributed by atoms with Gasteiger partial charge in [-0.05, 0) is 46.7 Å². The summed E-state index contributed by atoms with van der Waals surface area (Å²) in [5.74, 6) is 1.70. The van der Waals surface area contributed by atoms with Gasteiger partial charge in [-0.1, -0.05) is 18.2 Å². The second kappa shape index (κ2) is 7.01. The minimum Gasteiger partial charge on any atom is -0.497 e. The summed E-state index contributed by atoms with van der Waals surface area (Å²) in [5, 5.41) is 5.20. The lowest BCUT2D eigenvalue weighted by Gasteiger charge is -2.07. The maximum Gasteiger partial charge on any atom is 0.220 e. The van der Waals surface area contributed by atoms with Crippen molar-refractivity contribution in [3.63, 3.8) is 0 Å². The maximum absolute atomic E-state index is 11.9. The molecule has 1 aromatic heterocycles. The highest BCUT2D eigenvalue weighted by Crippen LogP contribution is 2.21. The first-order valence-electron chi connectivity index (χ1n) is 7.60. The largest absolute Gasteiger partial charge is 0.497 e. The van der Waals surface area contributed by atoms with Gasteiger partial charge in [0.15, 0.2) is 0 Å². The van der Waals surface area contributed by atoms with Gasteiger partial charge in [0.05, 0.1) is 13.4 Å². The van der Waals surface area contributed by atoms with Crippen LogP contribution in [0.15, 0.2) is 59.2 Å². The highest BCUT2D eigenvalue weighted by atomic mass is 16.5. The molecule has 3 rings (SSSR count). The number of carbonyl (C=O) groups is 1. The summed E-state index contributed by atoms with van der Waals surface area (Å²) < 4.78 is 10.4. The number of aryl methyl sites for hydroxylation is 1. The first-order chi connectivity index (χ1) is 11.2. The quantitative estimate of drug-likeness (QED) is 0.755. The third-order valence-electron chi connectivity index (χ3n) is 3.78. The Morgan fingerprint density at radius 3 is 2.74 bits per heavy atom. The monoisotopic (exact) mass is 309 g/mol. The van der Waals surface area contributed by atoms with Crippen LogP contribution in [0, 0.1) is 0 Å². The summed E-state index contributed by atoms with van der Waals surface area (Å²) in [4.78, 5) is 11.9. The molecule has 1 heterocycles. The Labute approximate surface area is 135 Å². The predicted octanol–water partition coefficient (Wildman–Crippen LogP) is 3.69. The summed E-state index contributed by atoms with van der Waals surface area (Å²) in [7, 11) is 1.66. The van der Waals surface area contributed by atoms with Crippen LogP contribution in [0.25, 0.3) is 10.8 Å². The van der Waals surface area contributed by atoms with Crippen LogP contribution < -0.4 is 10.1 Å². The molecule has 2 aromatic carbocycles. The lowest BCUT2D eigenvalue weighted by molar-refractivity contribution is -0.121. The zero-order valence-electron chi connectivity index (χ0n) is 13.0. The number of methoxy groups -OCH3 is 1. The van der Waals surface area contributed by atoms with E-state index in [1.165, 1.54) is 0 Å². The molecule has 4 heteroatoms. The molecule has 0 radical (unpaired) electrons. The van der Waals surface area contributed by atoms with E-state index in [2.05, 4.69) is 11.4 Å². The molecule has 23 heavy (non-hydrogen) atoms. The Balaban J connectivity index is 1.57. The van der Waals surface area contributed by atoms with E-state index in [4.69, 9.17) is 9.15 Å². The van der Waals surface area contributed by atoms with Crippen molar-refractivity contribution in [2.45, 2.75) is 19.4 Å². The van der Waals surface area contributed by atoms with E-state index in [-0.39, 0.29) is 5.91 Å². The number of carbonyl (C=O) groups excluding carboxylic acids is 1. The van der Waals surface area contributed by atoms with Crippen molar-refractivity contribution in [3.05, 3.63) is 66.1 Å². The summed E-state index contributed by atoms with van der Waals surface area (Å²) in [5.41, 5.74) is 1.08. The molecule has 0 aliphatic rings. The summed E-state index contributed by atoms with van der Waals surface area (Å²) in [6.45, 7) is 0.527. The highest BCUT2D eigenvalue weighted by molar-refractivity contribution is 5.84. The van der Waals surface area contributed by atoms with Crippen molar-refractivity contribution in [1.82, 2.24) is 5.32 Å². The Morgan fingerprint density at radius 2 is 1.96 bits per heavy atom. The van der Waals surface area contributed by atoms with Crippen molar-refractivity contribution in [2.24, 2.45) is 0 Å². The van der Waals surface area contributed by atoms with Crippen LogP contribution in [0.5, 0.6) is 5.75 Å². The second-order valence-electron chi connectivity index (χ2n) is 5.40. The number of nitrogens with one attached hydrogen (secondary N) is 1. The summed E-state index contributed by atoms with van der Waals surface area (Å²) in [6.07, 6.45) is 2.67. The fourth-order valence-corrected chi connectivity index (χ4v) is 2.49. The molecular formula is C19H19NO3. The predicted molar refractivity (Wildman–Crippen MR) is 89.4 cm³/mol. The molecule has 118 valence electrons. The van der Waals surface area contributed by atoms with Gasteiger partial charge < -0.3 is 14.5 Å².